The van der Waals surface area contributed by atoms with Crippen LogP contribution < -0.4 is 4.74 Å². The number of ether oxygens (including phenoxy) is 2. The van der Waals surface area contributed by atoms with E-state index in [-0.39, 0.29) is 12.0 Å². The molecule has 0 unspecified atom stereocenters. The summed E-state index contributed by atoms with van der Waals surface area (Å²) in [6.45, 7) is 1.88. The van der Waals surface area contributed by atoms with Crippen LogP contribution in [0.15, 0.2) is 78.9 Å². The number of nitrogens with one attached hydrogen (secondary N) is 1. The molecule has 162 valence electrons. The highest BCUT2D eigenvalue weighted by Crippen LogP contribution is 2.31. The van der Waals surface area contributed by atoms with Crippen LogP contribution in [0.1, 0.15) is 22.4 Å². The van der Waals surface area contributed by atoms with Crippen LogP contribution in [0.3, 0.4) is 0 Å². The molecule has 1 atom stereocenters. The third kappa shape index (κ3) is 4.12. The summed E-state index contributed by atoms with van der Waals surface area (Å²) in [6, 6.07) is 26.2. The Kier molecular flexibility index (Phi) is 5.65. The van der Waals surface area contributed by atoms with Crippen molar-refractivity contribution in [3.63, 3.8) is 0 Å². The molecule has 0 bridgehead atoms. The van der Waals surface area contributed by atoms with E-state index >= 15 is 0 Å². The average Bonchev–Trinajstić information content (AvgIpc) is 3.20. The van der Waals surface area contributed by atoms with E-state index in [9.17, 15) is 4.79 Å². The van der Waals surface area contributed by atoms with Crippen molar-refractivity contribution in [1.82, 2.24) is 9.88 Å². The van der Waals surface area contributed by atoms with Crippen LogP contribution in [0.4, 0.5) is 0 Å². The minimum absolute atomic E-state index is 0.191. The smallest absolute Gasteiger partial charge is 0.323 e. The van der Waals surface area contributed by atoms with Crippen LogP contribution in [0, 0.1) is 0 Å². The minimum Gasteiger partial charge on any atom is -0.489 e. The Hall–Kier alpha value is -3.57. The van der Waals surface area contributed by atoms with Gasteiger partial charge in [0.15, 0.2) is 0 Å². The number of hydrogen-bond donors (Lipinski definition) is 1. The van der Waals surface area contributed by atoms with E-state index in [1.54, 1.807) is 0 Å². The van der Waals surface area contributed by atoms with E-state index in [0.29, 0.717) is 26.1 Å². The molecule has 0 amide bonds. The molecule has 0 saturated heterocycles. The molecule has 1 N–H and O–H groups in total. The number of rotatable bonds is 6. The molecule has 0 aliphatic carbocycles. The van der Waals surface area contributed by atoms with Crippen molar-refractivity contribution in [2.75, 3.05) is 7.11 Å². The summed E-state index contributed by atoms with van der Waals surface area (Å²) in [7, 11) is 1.46. The van der Waals surface area contributed by atoms with Crippen molar-refractivity contribution in [3.05, 3.63) is 101 Å². The Balaban J connectivity index is 1.32. The van der Waals surface area contributed by atoms with Gasteiger partial charge in [0, 0.05) is 36.1 Å². The Labute approximate surface area is 187 Å². The molecule has 1 aliphatic heterocycles. The van der Waals surface area contributed by atoms with Gasteiger partial charge in [0.2, 0.25) is 0 Å². The lowest BCUT2D eigenvalue weighted by molar-refractivity contribution is -0.148. The number of esters is 1. The fraction of sp³-hybridized carbons (Fsp3) is 0.222. The first-order valence-corrected chi connectivity index (χ1v) is 10.9. The zero-order valence-corrected chi connectivity index (χ0v) is 18.1. The third-order valence-electron chi connectivity index (χ3n) is 6.13. The standard InChI is InChI=1S/C27H26N2O3/c1-31-27(30)26-15-23-22-9-5-6-10-24(22)28-25(23)17-29(26)16-19-11-13-21(14-12-19)32-18-20-7-3-2-4-8-20/h2-14,26,28H,15-18H2,1H3/t26-/m1/s1. The molecule has 1 aliphatic rings. The van der Waals surface area contributed by atoms with Gasteiger partial charge in [-0.25, -0.2) is 0 Å². The van der Waals surface area contributed by atoms with Gasteiger partial charge in [-0.1, -0.05) is 60.7 Å². The van der Waals surface area contributed by atoms with Gasteiger partial charge in [0.25, 0.3) is 0 Å². The SMILES string of the molecule is COC(=O)[C@H]1Cc2c([nH]c3ccccc23)CN1Cc1ccc(OCc2ccccc2)cc1. The molecule has 0 radical (unpaired) electrons. The van der Waals surface area contributed by atoms with Gasteiger partial charge in [0.05, 0.1) is 7.11 Å². The second-order valence-corrected chi connectivity index (χ2v) is 8.19. The van der Waals surface area contributed by atoms with Crippen LogP contribution in [-0.2, 0) is 35.6 Å². The predicted octanol–water partition coefficient (Wildman–Crippen LogP) is 4.85. The fourth-order valence-electron chi connectivity index (χ4n) is 4.46. The van der Waals surface area contributed by atoms with Gasteiger partial charge in [-0.2, -0.15) is 0 Å². The molecule has 2 heterocycles. The summed E-state index contributed by atoms with van der Waals surface area (Å²) < 4.78 is 11.0. The van der Waals surface area contributed by atoms with Gasteiger partial charge in [0.1, 0.15) is 18.4 Å². The second-order valence-electron chi connectivity index (χ2n) is 8.19. The lowest BCUT2D eigenvalue weighted by Crippen LogP contribution is -2.45. The number of benzene rings is 3. The first-order chi connectivity index (χ1) is 15.7. The maximum Gasteiger partial charge on any atom is 0.323 e. The number of H-pyrrole nitrogens is 1. The highest BCUT2D eigenvalue weighted by molar-refractivity contribution is 5.86. The van der Waals surface area contributed by atoms with E-state index in [0.717, 1.165) is 22.4 Å². The summed E-state index contributed by atoms with van der Waals surface area (Å²) in [5, 5.41) is 1.19. The average molecular weight is 427 g/mol. The molecule has 5 nitrogen and oxygen atoms in total. The molecule has 0 fully saturated rings. The lowest BCUT2D eigenvalue weighted by Gasteiger charge is -2.34. The number of carbonyl (C=O) groups excluding carboxylic acids is 1. The topological polar surface area (TPSA) is 54.6 Å². The van der Waals surface area contributed by atoms with E-state index in [1.807, 2.05) is 42.5 Å². The molecular formula is C27H26N2O3. The summed E-state index contributed by atoms with van der Waals surface area (Å²) >= 11 is 0. The molecule has 1 aromatic heterocycles. The number of hydrogen-bond acceptors (Lipinski definition) is 4. The number of fused-ring (bicyclic) bond motifs is 3. The number of nitrogens with zero attached hydrogens (tertiary/aromatic N) is 1. The number of aromatic nitrogens is 1. The molecule has 5 heteroatoms. The molecule has 0 saturated carbocycles. The molecule has 3 aromatic carbocycles. The normalized spacial score (nSPS) is 16.0. The van der Waals surface area contributed by atoms with Gasteiger partial charge in [-0.3, -0.25) is 9.69 Å². The van der Waals surface area contributed by atoms with E-state index in [4.69, 9.17) is 9.47 Å². The molecular weight excluding hydrogens is 400 g/mol. The van der Waals surface area contributed by atoms with Crippen molar-refractivity contribution in [2.45, 2.75) is 32.2 Å². The van der Waals surface area contributed by atoms with Crippen molar-refractivity contribution < 1.29 is 14.3 Å². The predicted molar refractivity (Wildman–Crippen MR) is 124 cm³/mol. The zero-order chi connectivity index (χ0) is 21.9. The zero-order valence-electron chi connectivity index (χ0n) is 18.1. The van der Waals surface area contributed by atoms with Gasteiger partial charge < -0.3 is 14.5 Å². The van der Waals surface area contributed by atoms with Crippen molar-refractivity contribution in [1.29, 1.82) is 0 Å². The number of para-hydroxylation sites is 1. The van der Waals surface area contributed by atoms with Gasteiger partial charge in [-0.15, -0.1) is 0 Å². The van der Waals surface area contributed by atoms with Gasteiger partial charge >= 0.3 is 5.97 Å². The summed E-state index contributed by atoms with van der Waals surface area (Å²) in [4.78, 5) is 18.3. The lowest BCUT2D eigenvalue weighted by atomic mass is 9.96. The van der Waals surface area contributed by atoms with E-state index < -0.39 is 0 Å². The third-order valence-corrected chi connectivity index (χ3v) is 6.13. The fourth-order valence-corrected chi connectivity index (χ4v) is 4.46. The van der Waals surface area contributed by atoms with Crippen molar-refractivity contribution in [2.24, 2.45) is 0 Å². The highest BCUT2D eigenvalue weighted by Gasteiger charge is 2.34. The monoisotopic (exact) mass is 426 g/mol. The van der Waals surface area contributed by atoms with Crippen LogP contribution >= 0.6 is 0 Å². The van der Waals surface area contributed by atoms with Crippen molar-refractivity contribution in [3.8, 4) is 5.75 Å². The van der Waals surface area contributed by atoms with E-state index in [1.165, 1.54) is 23.8 Å². The summed E-state index contributed by atoms with van der Waals surface area (Å²) in [6.07, 6.45) is 0.643. The largest absolute Gasteiger partial charge is 0.489 e. The van der Waals surface area contributed by atoms with Gasteiger partial charge in [-0.05, 0) is 34.9 Å². The quantitative estimate of drug-likeness (QED) is 0.448. The maximum atomic E-state index is 12.6. The first-order valence-electron chi connectivity index (χ1n) is 10.9. The number of carbonyl (C=O) groups is 1. The molecule has 5 rings (SSSR count). The minimum atomic E-state index is -0.305. The van der Waals surface area contributed by atoms with Crippen LogP contribution in [0.2, 0.25) is 0 Å². The second kappa shape index (κ2) is 8.89. The number of aromatic amines is 1. The van der Waals surface area contributed by atoms with E-state index in [2.05, 4.69) is 46.3 Å². The van der Waals surface area contributed by atoms with Crippen molar-refractivity contribution >= 4 is 16.9 Å². The number of methoxy groups -OCH3 is 1. The Bertz CT molecular complexity index is 1210. The Morgan fingerprint density at radius 2 is 1.72 bits per heavy atom. The molecule has 4 aromatic rings. The maximum absolute atomic E-state index is 12.6. The Morgan fingerprint density at radius 1 is 0.969 bits per heavy atom. The van der Waals surface area contributed by atoms with Crippen LogP contribution in [0.5, 0.6) is 5.75 Å². The first kappa shape index (κ1) is 20.3. The Morgan fingerprint density at radius 3 is 2.50 bits per heavy atom. The summed E-state index contributed by atoms with van der Waals surface area (Å²) in [5.74, 6) is 0.641. The summed E-state index contributed by atoms with van der Waals surface area (Å²) in [5.41, 5.74) is 5.78. The van der Waals surface area contributed by atoms with Crippen LogP contribution in [-0.4, -0.2) is 29.0 Å². The highest BCUT2D eigenvalue weighted by atomic mass is 16.5. The molecule has 0 spiro atoms. The van der Waals surface area contributed by atoms with Crippen LogP contribution in [0.25, 0.3) is 10.9 Å². The molecule has 32 heavy (non-hydrogen) atoms.